The molecule has 1 fully saturated rings. The van der Waals surface area contributed by atoms with E-state index in [9.17, 15) is 9.18 Å². The quantitative estimate of drug-likeness (QED) is 0.863. The number of nitrogens with zero attached hydrogens (tertiary/aromatic N) is 1. The van der Waals surface area contributed by atoms with Crippen LogP contribution in [0, 0.1) is 11.2 Å². The van der Waals surface area contributed by atoms with E-state index in [1.54, 1.807) is 31.2 Å². The second kappa shape index (κ2) is 7.53. The lowest BCUT2D eigenvalue weighted by atomic mass is 9.78. The van der Waals surface area contributed by atoms with Crippen LogP contribution < -0.4 is 5.32 Å². The van der Waals surface area contributed by atoms with Crippen molar-refractivity contribution in [1.82, 2.24) is 10.2 Å². The minimum absolute atomic E-state index is 0.0234. The number of nitrogens with one attached hydrogen (secondary N) is 1. The van der Waals surface area contributed by atoms with Gasteiger partial charge in [0.1, 0.15) is 5.82 Å². The maximum absolute atomic E-state index is 13.9. The topological polar surface area (TPSA) is 41.6 Å². The van der Waals surface area contributed by atoms with E-state index < -0.39 is 5.41 Å². The number of carbonyl (C=O) groups excluding carboxylic acids is 1. The molecular weight excluding hydrogens is 351 g/mol. The van der Waals surface area contributed by atoms with Crippen molar-refractivity contribution in [2.75, 3.05) is 33.9 Å². The molecule has 1 aromatic rings. The molecule has 1 saturated heterocycles. The Morgan fingerprint density at radius 3 is 2.77 bits per heavy atom. The SMILES string of the molecule is COCC1(C(=O)N(C)Cc2cc(Br)ccc2F)CCNCC1. The summed E-state index contributed by atoms with van der Waals surface area (Å²) < 4.78 is 20.0. The van der Waals surface area contributed by atoms with Gasteiger partial charge in [-0.2, -0.15) is 0 Å². The highest BCUT2D eigenvalue weighted by molar-refractivity contribution is 9.10. The van der Waals surface area contributed by atoms with Crippen LogP contribution in [-0.4, -0.2) is 44.7 Å². The van der Waals surface area contributed by atoms with E-state index in [0.29, 0.717) is 12.2 Å². The second-order valence-electron chi connectivity index (χ2n) is 5.86. The number of ether oxygens (including phenoxy) is 1. The molecule has 22 heavy (non-hydrogen) atoms. The average Bonchev–Trinajstić information content (AvgIpc) is 2.51. The van der Waals surface area contributed by atoms with Gasteiger partial charge < -0.3 is 15.0 Å². The monoisotopic (exact) mass is 372 g/mol. The van der Waals surface area contributed by atoms with Gasteiger partial charge in [0.2, 0.25) is 5.91 Å². The van der Waals surface area contributed by atoms with Crippen LogP contribution in [0.5, 0.6) is 0 Å². The molecule has 0 atom stereocenters. The smallest absolute Gasteiger partial charge is 0.231 e. The molecule has 0 aromatic heterocycles. The van der Waals surface area contributed by atoms with Gasteiger partial charge in [-0.25, -0.2) is 4.39 Å². The molecule has 1 heterocycles. The molecule has 0 saturated carbocycles. The molecule has 0 radical (unpaired) electrons. The van der Waals surface area contributed by atoms with Crippen molar-refractivity contribution in [3.8, 4) is 0 Å². The lowest BCUT2D eigenvalue weighted by Crippen LogP contribution is -2.50. The summed E-state index contributed by atoms with van der Waals surface area (Å²) in [5.41, 5.74) is 0.00349. The molecule has 2 rings (SSSR count). The van der Waals surface area contributed by atoms with Crippen molar-refractivity contribution >= 4 is 21.8 Å². The van der Waals surface area contributed by atoms with Crippen LogP contribution in [0.3, 0.4) is 0 Å². The fourth-order valence-electron chi connectivity index (χ4n) is 3.00. The number of rotatable bonds is 5. The molecule has 1 aliphatic rings. The van der Waals surface area contributed by atoms with Gasteiger partial charge in [0.25, 0.3) is 0 Å². The van der Waals surface area contributed by atoms with Crippen molar-refractivity contribution < 1.29 is 13.9 Å². The van der Waals surface area contributed by atoms with Crippen LogP contribution in [0.1, 0.15) is 18.4 Å². The van der Waals surface area contributed by atoms with Gasteiger partial charge in [-0.1, -0.05) is 15.9 Å². The predicted molar refractivity (Wildman–Crippen MR) is 87.0 cm³/mol. The number of piperidine rings is 1. The maximum atomic E-state index is 13.9. The summed E-state index contributed by atoms with van der Waals surface area (Å²) in [5, 5.41) is 3.27. The van der Waals surface area contributed by atoms with E-state index in [1.165, 1.54) is 6.07 Å². The van der Waals surface area contributed by atoms with Crippen LogP contribution in [0.2, 0.25) is 0 Å². The van der Waals surface area contributed by atoms with E-state index in [-0.39, 0.29) is 18.3 Å². The van der Waals surface area contributed by atoms with Crippen LogP contribution in [0.25, 0.3) is 0 Å². The summed E-state index contributed by atoms with van der Waals surface area (Å²) in [6, 6.07) is 4.78. The van der Waals surface area contributed by atoms with Gasteiger partial charge in [-0.3, -0.25) is 4.79 Å². The summed E-state index contributed by atoms with van der Waals surface area (Å²) in [5.74, 6) is -0.274. The molecule has 6 heteroatoms. The average molecular weight is 373 g/mol. The van der Waals surface area contributed by atoms with Gasteiger partial charge in [0.05, 0.1) is 12.0 Å². The second-order valence-corrected chi connectivity index (χ2v) is 6.78. The Hall–Kier alpha value is -0.980. The molecular formula is C16H22BrFN2O2. The molecule has 1 aromatic carbocycles. The third-order valence-corrected chi connectivity index (χ3v) is 4.69. The minimum atomic E-state index is -0.503. The Kier molecular flexibility index (Phi) is 5.94. The van der Waals surface area contributed by atoms with Gasteiger partial charge in [0, 0.05) is 30.7 Å². The fourth-order valence-corrected chi connectivity index (χ4v) is 3.41. The molecule has 0 aliphatic carbocycles. The predicted octanol–water partition coefficient (Wildman–Crippen LogP) is 2.56. The largest absolute Gasteiger partial charge is 0.384 e. The van der Waals surface area contributed by atoms with Crippen molar-refractivity contribution in [3.05, 3.63) is 34.1 Å². The van der Waals surface area contributed by atoms with E-state index in [2.05, 4.69) is 21.2 Å². The standard InChI is InChI=1S/C16H22BrFN2O2/c1-20(10-12-9-13(17)3-4-14(12)18)15(21)16(11-22-2)5-7-19-8-6-16/h3-4,9,19H,5-8,10-11H2,1-2H3. The number of methoxy groups -OCH3 is 1. The molecule has 0 bridgehead atoms. The third-order valence-electron chi connectivity index (χ3n) is 4.20. The van der Waals surface area contributed by atoms with Crippen molar-refractivity contribution in [1.29, 1.82) is 0 Å². The molecule has 1 amide bonds. The highest BCUT2D eigenvalue weighted by Gasteiger charge is 2.41. The third kappa shape index (κ3) is 3.86. The molecule has 1 N–H and O–H groups in total. The lowest BCUT2D eigenvalue weighted by Gasteiger charge is -2.38. The summed E-state index contributed by atoms with van der Waals surface area (Å²) in [6.45, 7) is 2.25. The van der Waals surface area contributed by atoms with E-state index in [1.807, 2.05) is 0 Å². The highest BCUT2D eigenvalue weighted by atomic mass is 79.9. The van der Waals surface area contributed by atoms with E-state index in [0.717, 1.165) is 30.4 Å². The number of benzene rings is 1. The van der Waals surface area contributed by atoms with Crippen LogP contribution in [-0.2, 0) is 16.1 Å². The van der Waals surface area contributed by atoms with Crippen LogP contribution in [0.15, 0.2) is 22.7 Å². The first-order valence-electron chi connectivity index (χ1n) is 7.38. The number of halogens is 2. The Morgan fingerprint density at radius 1 is 1.45 bits per heavy atom. The van der Waals surface area contributed by atoms with Crippen molar-refractivity contribution in [2.24, 2.45) is 5.41 Å². The van der Waals surface area contributed by atoms with E-state index >= 15 is 0 Å². The summed E-state index contributed by atoms with van der Waals surface area (Å²) in [6.07, 6.45) is 1.48. The van der Waals surface area contributed by atoms with Crippen LogP contribution in [0.4, 0.5) is 4.39 Å². The number of hydrogen-bond acceptors (Lipinski definition) is 3. The molecule has 0 spiro atoms. The van der Waals surface area contributed by atoms with Crippen molar-refractivity contribution in [2.45, 2.75) is 19.4 Å². The van der Waals surface area contributed by atoms with Gasteiger partial charge in [0.15, 0.2) is 0 Å². The molecule has 0 unspecified atom stereocenters. The fraction of sp³-hybridized carbons (Fsp3) is 0.562. The zero-order valence-corrected chi connectivity index (χ0v) is 14.6. The molecule has 1 aliphatic heterocycles. The summed E-state index contributed by atoms with van der Waals surface area (Å²) >= 11 is 3.34. The Morgan fingerprint density at radius 2 is 2.14 bits per heavy atom. The normalized spacial score (nSPS) is 17.3. The first-order chi connectivity index (χ1) is 10.5. The van der Waals surface area contributed by atoms with Gasteiger partial charge >= 0.3 is 0 Å². The highest BCUT2D eigenvalue weighted by Crippen LogP contribution is 2.32. The zero-order chi connectivity index (χ0) is 16.2. The first kappa shape index (κ1) is 17.4. The Labute approximate surface area is 139 Å². The lowest BCUT2D eigenvalue weighted by molar-refractivity contribution is -0.146. The van der Waals surface area contributed by atoms with Gasteiger partial charge in [-0.15, -0.1) is 0 Å². The maximum Gasteiger partial charge on any atom is 0.231 e. The Balaban J connectivity index is 2.14. The molecule has 4 nitrogen and oxygen atoms in total. The van der Waals surface area contributed by atoms with Crippen LogP contribution >= 0.6 is 15.9 Å². The summed E-state index contributed by atoms with van der Waals surface area (Å²) in [7, 11) is 3.34. The van der Waals surface area contributed by atoms with Crippen molar-refractivity contribution in [3.63, 3.8) is 0 Å². The summed E-state index contributed by atoms with van der Waals surface area (Å²) in [4.78, 5) is 14.5. The first-order valence-corrected chi connectivity index (χ1v) is 8.17. The number of amides is 1. The zero-order valence-electron chi connectivity index (χ0n) is 13.0. The molecule has 122 valence electrons. The number of hydrogen-bond donors (Lipinski definition) is 1. The van der Waals surface area contributed by atoms with E-state index in [4.69, 9.17) is 4.74 Å². The number of carbonyl (C=O) groups is 1. The minimum Gasteiger partial charge on any atom is -0.384 e. The Bertz CT molecular complexity index is 527. The van der Waals surface area contributed by atoms with Gasteiger partial charge in [-0.05, 0) is 44.1 Å².